The fourth-order valence-electron chi connectivity index (χ4n) is 0.583. The number of carbonyl (C=O) groups excluding carboxylic acids is 3. The van der Waals surface area contributed by atoms with Gasteiger partial charge in [-0.1, -0.05) is 0 Å². The largest absolute Gasteiger partial charge is 0.469 e. The van der Waals surface area contributed by atoms with Crippen molar-refractivity contribution in [1.82, 2.24) is 0 Å². The average molecular weight is 189 g/mol. The van der Waals surface area contributed by atoms with Crippen LogP contribution in [-0.2, 0) is 23.9 Å². The summed E-state index contributed by atoms with van der Waals surface area (Å²) >= 11 is 0. The molecule has 0 unspecified atom stereocenters. The summed E-state index contributed by atoms with van der Waals surface area (Å²) in [7, 11) is 2.24. The molecule has 0 aliphatic rings. The van der Waals surface area contributed by atoms with Gasteiger partial charge in [-0.2, -0.15) is 0 Å². The summed E-state index contributed by atoms with van der Waals surface area (Å²) < 4.78 is 8.43. The van der Waals surface area contributed by atoms with Gasteiger partial charge in [0, 0.05) is 0 Å². The molecule has 0 amide bonds. The SMILES string of the molecule is COC(=O)CC(=O)[C@H](N)C(=O)OC. The van der Waals surface area contributed by atoms with Crippen LogP contribution in [0.5, 0.6) is 0 Å². The maximum absolute atomic E-state index is 11.0. The molecule has 13 heavy (non-hydrogen) atoms. The number of hydrogen-bond acceptors (Lipinski definition) is 6. The Balaban J connectivity index is 4.11. The molecule has 0 aliphatic heterocycles. The minimum absolute atomic E-state index is 0.521. The molecule has 0 radical (unpaired) electrons. The number of hydrogen-bond donors (Lipinski definition) is 1. The molecule has 0 aliphatic carbocycles. The molecule has 0 aromatic heterocycles. The number of methoxy groups -OCH3 is 2. The zero-order valence-electron chi connectivity index (χ0n) is 7.40. The van der Waals surface area contributed by atoms with Gasteiger partial charge in [-0.05, 0) is 0 Å². The summed E-state index contributed by atoms with van der Waals surface area (Å²) in [5, 5.41) is 0. The van der Waals surface area contributed by atoms with Crippen molar-refractivity contribution in [2.75, 3.05) is 14.2 Å². The van der Waals surface area contributed by atoms with Crippen LogP contribution in [0.2, 0.25) is 0 Å². The van der Waals surface area contributed by atoms with Gasteiger partial charge >= 0.3 is 11.9 Å². The molecule has 1 atom stereocenters. The van der Waals surface area contributed by atoms with Gasteiger partial charge in [-0.3, -0.25) is 9.59 Å². The zero-order chi connectivity index (χ0) is 10.4. The summed E-state index contributed by atoms with van der Waals surface area (Å²) in [4.78, 5) is 32.3. The molecule has 0 rings (SSSR count). The smallest absolute Gasteiger partial charge is 0.330 e. The number of nitrogens with two attached hydrogens (primary N) is 1. The number of rotatable bonds is 4. The predicted octanol–water partition coefficient (Wildman–Crippen LogP) is -1.38. The molecule has 0 saturated heterocycles. The van der Waals surface area contributed by atoms with Crippen molar-refractivity contribution in [2.24, 2.45) is 5.73 Å². The minimum Gasteiger partial charge on any atom is -0.469 e. The molecule has 0 aromatic rings. The van der Waals surface area contributed by atoms with Gasteiger partial charge in [0.2, 0.25) is 0 Å². The minimum atomic E-state index is -1.41. The molecule has 0 saturated carbocycles. The lowest BCUT2D eigenvalue weighted by Gasteiger charge is -2.06. The lowest BCUT2D eigenvalue weighted by molar-refractivity contribution is -0.147. The lowest BCUT2D eigenvalue weighted by Crippen LogP contribution is -2.40. The van der Waals surface area contributed by atoms with Crippen LogP contribution < -0.4 is 5.73 Å². The van der Waals surface area contributed by atoms with Gasteiger partial charge in [-0.25, -0.2) is 4.79 Å². The first-order valence-electron chi connectivity index (χ1n) is 3.45. The predicted molar refractivity (Wildman–Crippen MR) is 41.6 cm³/mol. The van der Waals surface area contributed by atoms with E-state index in [-0.39, 0.29) is 0 Å². The fourth-order valence-corrected chi connectivity index (χ4v) is 0.583. The maximum Gasteiger partial charge on any atom is 0.330 e. The number of ketones is 1. The van der Waals surface area contributed by atoms with Crippen LogP contribution in [0.4, 0.5) is 0 Å². The highest BCUT2D eigenvalue weighted by Crippen LogP contribution is 1.93. The van der Waals surface area contributed by atoms with Crippen LogP contribution in [-0.4, -0.2) is 38.0 Å². The second-order valence-electron chi connectivity index (χ2n) is 2.22. The lowest BCUT2D eigenvalue weighted by atomic mass is 10.1. The monoisotopic (exact) mass is 189 g/mol. The van der Waals surface area contributed by atoms with Crippen molar-refractivity contribution in [3.8, 4) is 0 Å². The first-order chi connectivity index (χ1) is 6.02. The van der Waals surface area contributed by atoms with Crippen LogP contribution in [0.25, 0.3) is 0 Å². The summed E-state index contributed by atoms with van der Waals surface area (Å²) in [5.74, 6) is -2.32. The van der Waals surface area contributed by atoms with E-state index in [1.807, 2.05) is 0 Å². The molecule has 74 valence electrons. The standard InChI is InChI=1S/C7H11NO5/c1-12-5(10)3-4(9)6(8)7(11)13-2/h6H,3,8H2,1-2H3/t6-/m0/s1. The van der Waals surface area contributed by atoms with Crippen molar-refractivity contribution >= 4 is 17.7 Å². The van der Waals surface area contributed by atoms with Crippen molar-refractivity contribution in [2.45, 2.75) is 12.5 Å². The Bertz CT molecular complexity index is 225. The van der Waals surface area contributed by atoms with Gasteiger partial charge in [0.1, 0.15) is 6.42 Å². The maximum atomic E-state index is 11.0. The number of ether oxygens (including phenoxy) is 2. The second-order valence-corrected chi connectivity index (χ2v) is 2.22. The Morgan fingerprint density at radius 2 is 1.77 bits per heavy atom. The van der Waals surface area contributed by atoms with Crippen LogP contribution in [0.1, 0.15) is 6.42 Å². The Kier molecular flexibility index (Phi) is 4.68. The highest BCUT2D eigenvalue weighted by atomic mass is 16.5. The van der Waals surface area contributed by atoms with E-state index in [4.69, 9.17) is 5.73 Å². The fraction of sp³-hybridized carbons (Fsp3) is 0.571. The molecule has 0 fully saturated rings. The molecule has 0 aromatic carbocycles. The van der Waals surface area contributed by atoms with E-state index in [0.717, 1.165) is 14.2 Å². The van der Waals surface area contributed by atoms with Crippen LogP contribution >= 0.6 is 0 Å². The van der Waals surface area contributed by atoms with Gasteiger partial charge in [-0.15, -0.1) is 0 Å². The van der Waals surface area contributed by atoms with Crippen LogP contribution in [0.15, 0.2) is 0 Å². The van der Waals surface area contributed by atoms with Crippen LogP contribution in [0, 0.1) is 0 Å². The zero-order valence-corrected chi connectivity index (χ0v) is 7.40. The molecule has 6 nitrogen and oxygen atoms in total. The highest BCUT2D eigenvalue weighted by Gasteiger charge is 2.24. The molecule has 6 heteroatoms. The van der Waals surface area contributed by atoms with Crippen molar-refractivity contribution in [3.63, 3.8) is 0 Å². The Morgan fingerprint density at radius 1 is 1.23 bits per heavy atom. The summed E-state index contributed by atoms with van der Waals surface area (Å²) in [6.07, 6.45) is -0.521. The van der Waals surface area contributed by atoms with E-state index in [0.29, 0.717) is 0 Å². The normalized spacial score (nSPS) is 11.6. The Hall–Kier alpha value is -1.43. The number of esters is 2. The highest BCUT2D eigenvalue weighted by molar-refractivity contribution is 6.08. The first-order valence-corrected chi connectivity index (χ1v) is 3.45. The Morgan fingerprint density at radius 3 is 2.15 bits per heavy atom. The van der Waals surface area contributed by atoms with E-state index in [2.05, 4.69) is 9.47 Å². The van der Waals surface area contributed by atoms with Gasteiger partial charge in [0.25, 0.3) is 0 Å². The third-order valence-corrected chi connectivity index (χ3v) is 1.35. The van der Waals surface area contributed by atoms with Crippen LogP contribution in [0.3, 0.4) is 0 Å². The number of carbonyl (C=O) groups is 3. The van der Waals surface area contributed by atoms with E-state index < -0.39 is 30.2 Å². The van der Waals surface area contributed by atoms with E-state index in [1.165, 1.54) is 0 Å². The van der Waals surface area contributed by atoms with E-state index >= 15 is 0 Å². The number of Topliss-reactive ketones (excluding diaryl/α,β-unsaturated/α-hetero) is 1. The van der Waals surface area contributed by atoms with Gasteiger partial charge in [0.05, 0.1) is 14.2 Å². The molecular weight excluding hydrogens is 178 g/mol. The molecule has 0 heterocycles. The Labute approximate surface area is 75.0 Å². The van der Waals surface area contributed by atoms with Crippen molar-refractivity contribution in [1.29, 1.82) is 0 Å². The molecule has 2 N–H and O–H groups in total. The quantitative estimate of drug-likeness (QED) is 0.432. The summed E-state index contributed by atoms with van der Waals surface area (Å²) in [6.45, 7) is 0. The van der Waals surface area contributed by atoms with Gasteiger partial charge in [0.15, 0.2) is 11.8 Å². The second kappa shape index (κ2) is 5.26. The third kappa shape index (κ3) is 3.66. The van der Waals surface area contributed by atoms with Crippen molar-refractivity contribution in [3.05, 3.63) is 0 Å². The molecule has 0 spiro atoms. The molecule has 0 bridgehead atoms. The summed E-state index contributed by atoms with van der Waals surface area (Å²) in [5.41, 5.74) is 5.14. The van der Waals surface area contributed by atoms with Gasteiger partial charge < -0.3 is 15.2 Å². The van der Waals surface area contributed by atoms with Crippen molar-refractivity contribution < 1.29 is 23.9 Å². The first kappa shape index (κ1) is 11.6. The molecular formula is C7H11NO5. The summed E-state index contributed by atoms with van der Waals surface area (Å²) in [6, 6.07) is -1.41. The third-order valence-electron chi connectivity index (χ3n) is 1.35. The van der Waals surface area contributed by atoms with E-state index in [9.17, 15) is 14.4 Å². The van der Waals surface area contributed by atoms with E-state index in [1.54, 1.807) is 0 Å². The topological polar surface area (TPSA) is 95.7 Å². The average Bonchev–Trinajstić information content (AvgIpc) is 2.14.